The maximum Gasteiger partial charge on any atom is 0.410 e. The number of hydrogen-bond acceptors (Lipinski definition) is 4. The van der Waals surface area contributed by atoms with Crippen molar-refractivity contribution in [1.82, 2.24) is 10.2 Å². The van der Waals surface area contributed by atoms with E-state index in [0.29, 0.717) is 10.8 Å². The van der Waals surface area contributed by atoms with Gasteiger partial charge in [-0.05, 0) is 59.1 Å². The Balaban J connectivity index is 1.76. The van der Waals surface area contributed by atoms with Gasteiger partial charge in [0.25, 0.3) is 0 Å². The minimum atomic E-state index is -0.407. The minimum Gasteiger partial charge on any atom is -0.444 e. The molecule has 2 rings (SSSR count). The highest BCUT2D eigenvalue weighted by molar-refractivity contribution is 8.00. The highest BCUT2D eigenvalue weighted by atomic mass is 32.2. The summed E-state index contributed by atoms with van der Waals surface area (Å²) in [5.41, 5.74) is -0.407. The topological polar surface area (TPSA) is 41.6 Å². The molecule has 1 atom stereocenters. The van der Waals surface area contributed by atoms with Gasteiger partial charge in [-0.15, -0.1) is 0 Å². The number of likely N-dealkylation sites (tertiary alicyclic amines) is 1. The van der Waals surface area contributed by atoms with E-state index in [2.05, 4.69) is 11.6 Å². The summed E-state index contributed by atoms with van der Waals surface area (Å²) in [4.78, 5) is 14.0. The molecule has 0 aromatic carbocycles. The van der Waals surface area contributed by atoms with Crippen LogP contribution in [0.1, 0.15) is 59.3 Å². The van der Waals surface area contributed by atoms with Crippen LogP contribution in [-0.2, 0) is 4.74 Å². The molecule has 1 unspecified atom stereocenters. The molecule has 0 spiro atoms. The first-order chi connectivity index (χ1) is 10.3. The highest BCUT2D eigenvalue weighted by Gasteiger charge is 2.36. The first-order valence-electron chi connectivity index (χ1n) is 8.60. The van der Waals surface area contributed by atoms with Gasteiger partial charge in [0, 0.05) is 30.4 Å². The Hall–Kier alpha value is -0.420. The lowest BCUT2D eigenvalue weighted by molar-refractivity contribution is 0.0256. The molecule has 1 aliphatic heterocycles. The van der Waals surface area contributed by atoms with E-state index in [1.165, 1.54) is 19.3 Å². The van der Waals surface area contributed by atoms with Gasteiger partial charge in [0.15, 0.2) is 0 Å². The monoisotopic (exact) mass is 328 g/mol. The van der Waals surface area contributed by atoms with E-state index >= 15 is 0 Å². The Morgan fingerprint density at radius 2 is 2.00 bits per heavy atom. The second kappa shape index (κ2) is 7.43. The zero-order chi connectivity index (χ0) is 16.2. The summed E-state index contributed by atoms with van der Waals surface area (Å²) < 4.78 is 5.97. The molecule has 1 aliphatic carbocycles. The lowest BCUT2D eigenvalue weighted by Gasteiger charge is -2.41. The van der Waals surface area contributed by atoms with Gasteiger partial charge in [-0.3, -0.25) is 0 Å². The van der Waals surface area contributed by atoms with Crippen LogP contribution in [0, 0.1) is 0 Å². The molecule has 4 nitrogen and oxygen atoms in total. The number of nitrogens with one attached hydrogen (secondary N) is 1. The molecule has 0 radical (unpaired) electrons. The summed E-state index contributed by atoms with van der Waals surface area (Å²) in [5, 5.41) is 3.76. The smallest absolute Gasteiger partial charge is 0.410 e. The largest absolute Gasteiger partial charge is 0.444 e. The highest BCUT2D eigenvalue weighted by Crippen LogP contribution is 2.42. The maximum absolute atomic E-state index is 12.2. The van der Waals surface area contributed by atoms with Crippen LogP contribution < -0.4 is 5.32 Å². The Morgan fingerprint density at radius 3 is 2.55 bits per heavy atom. The van der Waals surface area contributed by atoms with E-state index in [1.54, 1.807) is 0 Å². The number of carbonyl (C=O) groups is 1. The van der Waals surface area contributed by atoms with Crippen molar-refractivity contribution in [2.45, 2.75) is 75.7 Å². The van der Waals surface area contributed by atoms with E-state index in [0.717, 1.165) is 38.9 Å². The van der Waals surface area contributed by atoms with Crippen LogP contribution in [0.5, 0.6) is 0 Å². The molecule has 1 amide bonds. The van der Waals surface area contributed by atoms with Crippen molar-refractivity contribution in [1.29, 1.82) is 0 Å². The van der Waals surface area contributed by atoms with Gasteiger partial charge in [-0.2, -0.15) is 11.8 Å². The summed E-state index contributed by atoms with van der Waals surface area (Å²) in [6.07, 6.45) is 9.39. The number of carbonyl (C=O) groups excluding carboxylic acids is 1. The predicted molar refractivity (Wildman–Crippen MR) is 93.5 cm³/mol. The Bertz CT molecular complexity index is 372. The van der Waals surface area contributed by atoms with Crippen molar-refractivity contribution in [2.24, 2.45) is 0 Å². The molecule has 1 N–H and O–H groups in total. The normalized spacial score (nSPS) is 25.3. The van der Waals surface area contributed by atoms with Gasteiger partial charge >= 0.3 is 6.09 Å². The summed E-state index contributed by atoms with van der Waals surface area (Å²) in [7, 11) is 0. The molecular formula is C17H32N2O2S. The fourth-order valence-electron chi connectivity index (χ4n) is 3.16. The molecule has 2 fully saturated rings. The molecule has 0 aromatic heterocycles. The van der Waals surface area contributed by atoms with Crippen LogP contribution in [-0.4, -0.2) is 53.3 Å². The lowest BCUT2D eigenvalue weighted by atomic mass is 9.84. The van der Waals surface area contributed by atoms with Crippen molar-refractivity contribution >= 4 is 17.9 Å². The minimum absolute atomic E-state index is 0.160. The van der Waals surface area contributed by atoms with Crippen LogP contribution in [0.3, 0.4) is 0 Å². The second-order valence-corrected chi connectivity index (χ2v) is 8.99. The van der Waals surface area contributed by atoms with Crippen LogP contribution in [0.25, 0.3) is 0 Å². The van der Waals surface area contributed by atoms with E-state index in [1.807, 2.05) is 37.4 Å². The zero-order valence-electron chi connectivity index (χ0n) is 14.6. The number of hydrogen-bond donors (Lipinski definition) is 1. The Morgan fingerprint density at radius 1 is 1.27 bits per heavy atom. The molecule has 0 bridgehead atoms. The Kier molecular flexibility index (Phi) is 6.06. The number of amides is 1. The van der Waals surface area contributed by atoms with E-state index in [-0.39, 0.29) is 6.09 Å². The maximum atomic E-state index is 12.2. The first kappa shape index (κ1) is 17.9. The van der Waals surface area contributed by atoms with Gasteiger partial charge in [-0.1, -0.05) is 6.42 Å². The number of ether oxygens (including phenoxy) is 1. The van der Waals surface area contributed by atoms with Crippen molar-refractivity contribution in [3.8, 4) is 0 Å². The first-order valence-corrected chi connectivity index (χ1v) is 9.82. The molecule has 128 valence electrons. The average molecular weight is 329 g/mol. The molecule has 1 heterocycles. The van der Waals surface area contributed by atoms with Crippen molar-refractivity contribution < 1.29 is 9.53 Å². The Labute approximate surface area is 139 Å². The SMILES string of the molecule is CSC1(CNC2CCCN(C(=O)OC(C)(C)C)CC2)CCC1. The van der Waals surface area contributed by atoms with Crippen LogP contribution in [0.4, 0.5) is 4.79 Å². The molecule has 2 aliphatic rings. The second-order valence-electron chi connectivity index (χ2n) is 7.72. The molecule has 5 heteroatoms. The van der Waals surface area contributed by atoms with E-state index in [4.69, 9.17) is 4.74 Å². The molecule has 0 aromatic rings. The lowest BCUT2D eigenvalue weighted by Crippen LogP contribution is -2.46. The third-order valence-corrected chi connectivity index (χ3v) is 6.21. The summed E-state index contributed by atoms with van der Waals surface area (Å²) in [6, 6.07) is 0.539. The number of nitrogens with zero attached hydrogens (tertiary/aromatic N) is 1. The quantitative estimate of drug-likeness (QED) is 0.855. The van der Waals surface area contributed by atoms with Crippen molar-refractivity contribution in [2.75, 3.05) is 25.9 Å². The predicted octanol–water partition coefficient (Wildman–Crippen LogP) is 3.65. The average Bonchev–Trinajstić information content (AvgIpc) is 2.61. The summed E-state index contributed by atoms with van der Waals surface area (Å²) >= 11 is 2.02. The van der Waals surface area contributed by atoms with E-state index in [9.17, 15) is 4.79 Å². The van der Waals surface area contributed by atoms with Crippen molar-refractivity contribution in [3.05, 3.63) is 0 Å². The number of thioether (sulfide) groups is 1. The fraction of sp³-hybridized carbons (Fsp3) is 0.941. The fourth-order valence-corrected chi connectivity index (χ4v) is 4.09. The zero-order valence-corrected chi connectivity index (χ0v) is 15.4. The standard InChI is InChI=1S/C17H32N2O2S/c1-16(2,3)21-15(20)19-11-5-7-14(8-12-19)18-13-17(22-4)9-6-10-17/h14,18H,5-13H2,1-4H3. The van der Waals surface area contributed by atoms with Crippen molar-refractivity contribution in [3.63, 3.8) is 0 Å². The summed E-state index contributed by atoms with van der Waals surface area (Å²) in [6.45, 7) is 8.51. The van der Waals surface area contributed by atoms with Crippen LogP contribution in [0.2, 0.25) is 0 Å². The van der Waals surface area contributed by atoms with E-state index < -0.39 is 5.60 Å². The molecule has 22 heavy (non-hydrogen) atoms. The third-order valence-electron chi connectivity index (χ3n) is 4.79. The molecule has 1 saturated carbocycles. The number of rotatable bonds is 4. The summed E-state index contributed by atoms with van der Waals surface area (Å²) in [5.74, 6) is 0. The third kappa shape index (κ3) is 5.05. The van der Waals surface area contributed by atoms with Gasteiger partial charge in [0.1, 0.15) is 5.60 Å². The van der Waals surface area contributed by atoms with Gasteiger partial charge in [0.05, 0.1) is 0 Å². The van der Waals surface area contributed by atoms with Gasteiger partial charge < -0.3 is 15.0 Å². The molecule has 1 saturated heterocycles. The van der Waals surface area contributed by atoms with Gasteiger partial charge in [0.2, 0.25) is 0 Å². The van der Waals surface area contributed by atoms with Gasteiger partial charge in [-0.25, -0.2) is 4.79 Å². The van der Waals surface area contributed by atoms with Crippen LogP contribution >= 0.6 is 11.8 Å². The van der Waals surface area contributed by atoms with Crippen LogP contribution in [0.15, 0.2) is 0 Å². The molecular weight excluding hydrogens is 296 g/mol.